The maximum absolute atomic E-state index is 12.0. The lowest BCUT2D eigenvalue weighted by molar-refractivity contribution is 0.312. The highest BCUT2D eigenvalue weighted by molar-refractivity contribution is 5.33. The van der Waals surface area contributed by atoms with Crippen molar-refractivity contribution in [1.82, 2.24) is 0 Å². The number of rotatable bonds is 6. The van der Waals surface area contributed by atoms with Crippen LogP contribution in [-0.2, 0) is 0 Å². The molecule has 1 aliphatic carbocycles. The van der Waals surface area contributed by atoms with Gasteiger partial charge in [0, 0.05) is 0 Å². The van der Waals surface area contributed by atoms with Crippen LogP contribution in [0.3, 0.4) is 0 Å². The maximum atomic E-state index is 12.0. The summed E-state index contributed by atoms with van der Waals surface area (Å²) in [6.07, 6.45) is 12.1. The minimum Gasteiger partial charge on any atom is -0.251 e. The summed E-state index contributed by atoms with van der Waals surface area (Å²) >= 11 is 0. The maximum Gasteiger partial charge on any atom is 0.0991 e. The smallest absolute Gasteiger partial charge is 0.0991 e. The largest absolute Gasteiger partial charge is 0.251 e. The quantitative estimate of drug-likeness (QED) is 0.630. The van der Waals surface area contributed by atoms with Crippen LogP contribution in [0.4, 0.5) is 4.39 Å². The molecule has 21 heavy (non-hydrogen) atoms. The van der Waals surface area contributed by atoms with Gasteiger partial charge in [-0.25, -0.2) is 0 Å². The van der Waals surface area contributed by atoms with Crippen LogP contribution < -0.4 is 0 Å². The lowest BCUT2D eigenvalue weighted by atomic mass is 9.77. The highest BCUT2D eigenvalue weighted by atomic mass is 19.1. The zero-order valence-electron chi connectivity index (χ0n) is 12.6. The fraction of sp³-hybridized carbons (Fsp3) is 0.526. The Labute approximate surface area is 127 Å². The molecule has 0 radical (unpaired) electrons. The van der Waals surface area contributed by atoms with E-state index >= 15 is 0 Å². The number of nitriles is 1. The number of benzene rings is 1. The number of nitrogens with zero attached hydrogens (tertiary/aromatic N) is 1. The van der Waals surface area contributed by atoms with Crippen molar-refractivity contribution in [3.63, 3.8) is 0 Å². The normalized spacial score (nSPS) is 22.3. The summed E-state index contributed by atoms with van der Waals surface area (Å²) in [5.74, 6) is 1.49. The first-order valence-electron chi connectivity index (χ1n) is 8.04. The fourth-order valence-corrected chi connectivity index (χ4v) is 3.24. The summed E-state index contributed by atoms with van der Waals surface area (Å²) in [5.41, 5.74) is 2.13. The van der Waals surface area contributed by atoms with E-state index in [2.05, 4.69) is 24.3 Å². The zero-order valence-corrected chi connectivity index (χ0v) is 12.6. The van der Waals surface area contributed by atoms with Gasteiger partial charge in [0.25, 0.3) is 0 Å². The van der Waals surface area contributed by atoms with E-state index < -0.39 is 0 Å². The van der Waals surface area contributed by atoms with Crippen LogP contribution in [0.2, 0.25) is 0 Å². The molecule has 0 unspecified atom stereocenters. The molecule has 0 atom stereocenters. The van der Waals surface area contributed by atoms with E-state index in [0.717, 1.165) is 17.9 Å². The number of halogens is 1. The van der Waals surface area contributed by atoms with Gasteiger partial charge in [-0.15, -0.1) is 0 Å². The van der Waals surface area contributed by atoms with Crippen molar-refractivity contribution < 1.29 is 4.39 Å². The minimum atomic E-state index is -0.244. The van der Waals surface area contributed by atoms with Gasteiger partial charge in [0.1, 0.15) is 0 Å². The molecule has 1 nitrogen and oxygen atoms in total. The molecule has 2 heteroatoms. The predicted octanol–water partition coefficient (Wildman–Crippen LogP) is 5.53. The molecule has 1 saturated carbocycles. The van der Waals surface area contributed by atoms with Gasteiger partial charge in [-0.3, -0.25) is 4.39 Å². The first-order valence-corrected chi connectivity index (χ1v) is 8.04. The third kappa shape index (κ3) is 5.01. The summed E-state index contributed by atoms with van der Waals surface area (Å²) in [6.45, 7) is -0.244. The molecule has 0 heterocycles. The van der Waals surface area contributed by atoms with E-state index in [1.807, 2.05) is 18.2 Å². The van der Waals surface area contributed by atoms with E-state index in [4.69, 9.17) is 5.26 Å². The fourth-order valence-electron chi connectivity index (χ4n) is 3.24. The zero-order chi connectivity index (χ0) is 14.9. The second-order valence-electron chi connectivity index (χ2n) is 5.98. The molecule has 0 spiro atoms. The Balaban J connectivity index is 1.73. The standard InChI is InChI=1S/C19H24FN/c20-14-4-2-1-3-5-16-6-10-18(11-7-16)19-12-8-17(15-21)9-13-19/h1-2,8-9,12-13,16,18H,3-7,10-11,14H2/b2-1+/t16-,18-. The lowest BCUT2D eigenvalue weighted by Crippen LogP contribution is -2.13. The van der Waals surface area contributed by atoms with Gasteiger partial charge < -0.3 is 0 Å². The SMILES string of the molecule is N#Cc1ccc([C@H]2CC[C@H](CC/C=C/CCF)CC2)cc1. The third-order valence-electron chi connectivity index (χ3n) is 4.54. The number of alkyl halides is 1. The Morgan fingerprint density at radius 2 is 1.71 bits per heavy atom. The average molecular weight is 285 g/mol. The van der Waals surface area contributed by atoms with Crippen molar-refractivity contribution in [2.24, 2.45) is 5.92 Å². The van der Waals surface area contributed by atoms with Crippen LogP contribution in [0.1, 0.15) is 62.0 Å². The van der Waals surface area contributed by atoms with E-state index in [1.165, 1.54) is 37.7 Å². The molecule has 0 N–H and O–H groups in total. The van der Waals surface area contributed by atoms with Crippen molar-refractivity contribution in [2.45, 2.75) is 50.9 Å². The highest BCUT2D eigenvalue weighted by Gasteiger charge is 2.21. The van der Waals surface area contributed by atoms with Crippen LogP contribution in [0.5, 0.6) is 0 Å². The Hall–Kier alpha value is -1.62. The molecule has 0 bridgehead atoms. The molecule has 0 aromatic heterocycles. The molecular formula is C19H24FN. The summed E-state index contributed by atoms with van der Waals surface area (Å²) < 4.78 is 12.0. The Bertz CT molecular complexity index is 475. The van der Waals surface area contributed by atoms with Gasteiger partial charge in [-0.1, -0.05) is 24.3 Å². The van der Waals surface area contributed by atoms with Crippen LogP contribution in [0, 0.1) is 17.2 Å². The van der Waals surface area contributed by atoms with Crippen molar-refractivity contribution in [2.75, 3.05) is 6.67 Å². The molecule has 0 aliphatic heterocycles. The average Bonchev–Trinajstić information content (AvgIpc) is 2.55. The second kappa shape index (κ2) is 8.62. The van der Waals surface area contributed by atoms with E-state index in [0.29, 0.717) is 12.3 Å². The van der Waals surface area contributed by atoms with Gasteiger partial charge in [0.05, 0.1) is 18.3 Å². The molecule has 112 valence electrons. The topological polar surface area (TPSA) is 23.8 Å². The molecule has 1 aliphatic rings. The van der Waals surface area contributed by atoms with Gasteiger partial charge >= 0.3 is 0 Å². The molecule has 0 amide bonds. The number of hydrogen-bond acceptors (Lipinski definition) is 1. The Kier molecular flexibility index (Phi) is 6.47. The van der Waals surface area contributed by atoms with Crippen molar-refractivity contribution in [3.05, 3.63) is 47.5 Å². The van der Waals surface area contributed by atoms with E-state index in [1.54, 1.807) is 0 Å². The predicted molar refractivity (Wildman–Crippen MR) is 84.8 cm³/mol. The van der Waals surface area contributed by atoms with Gasteiger partial charge in [-0.2, -0.15) is 5.26 Å². The number of allylic oxidation sites excluding steroid dienone is 2. The third-order valence-corrected chi connectivity index (χ3v) is 4.54. The lowest BCUT2D eigenvalue weighted by Gasteiger charge is -2.28. The highest BCUT2D eigenvalue weighted by Crippen LogP contribution is 2.37. The second-order valence-corrected chi connectivity index (χ2v) is 5.98. The van der Waals surface area contributed by atoms with Crippen LogP contribution in [0.25, 0.3) is 0 Å². The number of hydrogen-bond donors (Lipinski definition) is 0. The van der Waals surface area contributed by atoms with Crippen LogP contribution in [0.15, 0.2) is 36.4 Å². The molecular weight excluding hydrogens is 261 g/mol. The van der Waals surface area contributed by atoms with Crippen molar-refractivity contribution >= 4 is 0 Å². The molecule has 2 rings (SSSR count). The first-order chi connectivity index (χ1) is 10.3. The van der Waals surface area contributed by atoms with Gasteiger partial charge in [-0.05, 0) is 74.5 Å². The molecule has 1 aromatic rings. The molecule has 1 aromatic carbocycles. The monoisotopic (exact) mass is 285 g/mol. The van der Waals surface area contributed by atoms with Gasteiger partial charge in [0.2, 0.25) is 0 Å². The van der Waals surface area contributed by atoms with E-state index in [-0.39, 0.29) is 6.67 Å². The Morgan fingerprint density at radius 1 is 1.05 bits per heavy atom. The van der Waals surface area contributed by atoms with Crippen molar-refractivity contribution in [3.8, 4) is 6.07 Å². The van der Waals surface area contributed by atoms with Crippen molar-refractivity contribution in [1.29, 1.82) is 5.26 Å². The summed E-state index contributed by atoms with van der Waals surface area (Å²) in [6, 6.07) is 10.3. The summed E-state index contributed by atoms with van der Waals surface area (Å²) in [7, 11) is 0. The Morgan fingerprint density at radius 3 is 2.33 bits per heavy atom. The minimum absolute atomic E-state index is 0.244. The summed E-state index contributed by atoms with van der Waals surface area (Å²) in [5, 5.41) is 8.83. The van der Waals surface area contributed by atoms with Gasteiger partial charge in [0.15, 0.2) is 0 Å². The first kappa shape index (κ1) is 15.8. The molecule has 0 saturated heterocycles. The molecule has 1 fully saturated rings. The van der Waals surface area contributed by atoms with E-state index in [9.17, 15) is 4.39 Å². The van der Waals surface area contributed by atoms with Crippen LogP contribution >= 0.6 is 0 Å². The summed E-state index contributed by atoms with van der Waals surface area (Å²) in [4.78, 5) is 0. The van der Waals surface area contributed by atoms with Crippen LogP contribution in [-0.4, -0.2) is 6.67 Å².